The van der Waals surface area contributed by atoms with Gasteiger partial charge in [-0.05, 0) is 30.3 Å². The highest BCUT2D eigenvalue weighted by Gasteiger charge is 2.29. The van der Waals surface area contributed by atoms with E-state index in [1.165, 1.54) is 35.3 Å². The van der Waals surface area contributed by atoms with Crippen molar-refractivity contribution in [2.24, 2.45) is 0 Å². The lowest BCUT2D eigenvalue weighted by Gasteiger charge is -2.14. The summed E-state index contributed by atoms with van der Waals surface area (Å²) in [6.07, 6.45) is -1.65. The van der Waals surface area contributed by atoms with E-state index in [2.05, 4.69) is 10.4 Å². The molecule has 0 bridgehead atoms. The van der Waals surface area contributed by atoms with Gasteiger partial charge in [0.05, 0.1) is 23.1 Å². The lowest BCUT2D eigenvalue weighted by molar-refractivity contribution is -0.153. The Morgan fingerprint density at radius 1 is 1.19 bits per heavy atom. The van der Waals surface area contributed by atoms with Gasteiger partial charge in [0.15, 0.2) is 6.61 Å². The summed E-state index contributed by atoms with van der Waals surface area (Å²) in [4.78, 5) is 12.4. The zero-order chi connectivity index (χ0) is 19.4. The van der Waals surface area contributed by atoms with E-state index in [1.54, 1.807) is 0 Å². The van der Waals surface area contributed by atoms with Crippen LogP contribution in [0.4, 0.5) is 18.9 Å². The van der Waals surface area contributed by atoms with Crippen LogP contribution in [0.2, 0.25) is 5.02 Å². The minimum absolute atomic E-state index is 0.0317. The van der Waals surface area contributed by atoms with E-state index in [0.29, 0.717) is 0 Å². The molecule has 0 atom stereocenters. The zero-order valence-electron chi connectivity index (χ0n) is 13.7. The van der Waals surface area contributed by atoms with Crippen molar-refractivity contribution in [1.29, 1.82) is 0 Å². The van der Waals surface area contributed by atoms with Gasteiger partial charge in [-0.1, -0.05) is 29.8 Å². The third kappa shape index (κ3) is 5.01. The van der Waals surface area contributed by atoms with E-state index < -0.39 is 18.7 Å². The van der Waals surface area contributed by atoms with Gasteiger partial charge in [0.2, 0.25) is 0 Å². The molecule has 0 spiro atoms. The Kier molecular flexibility index (Phi) is 5.36. The molecule has 0 unspecified atom stereocenters. The Balaban J connectivity index is 1.78. The maximum Gasteiger partial charge on any atom is 0.422 e. The number of alkyl halides is 3. The molecule has 1 amide bonds. The molecule has 0 aliphatic rings. The number of carbonyl (C=O) groups excluding carboxylic acids is 1. The lowest BCUT2D eigenvalue weighted by atomic mass is 10.2. The number of amides is 1. The predicted octanol–water partition coefficient (Wildman–Crippen LogP) is 4.72. The summed E-state index contributed by atoms with van der Waals surface area (Å²) in [5.41, 5.74) is 1.01. The van der Waals surface area contributed by atoms with Crippen LogP contribution in [0.15, 0.2) is 60.9 Å². The smallest absolute Gasteiger partial charge is 0.422 e. The molecule has 0 saturated carbocycles. The van der Waals surface area contributed by atoms with Crippen LogP contribution in [0.5, 0.6) is 5.75 Å². The average molecular weight is 396 g/mol. The summed E-state index contributed by atoms with van der Waals surface area (Å²) in [6.45, 7) is -1.48. The highest BCUT2D eigenvalue weighted by Crippen LogP contribution is 2.30. The van der Waals surface area contributed by atoms with Crippen LogP contribution >= 0.6 is 11.6 Å². The molecular weight excluding hydrogens is 383 g/mol. The van der Waals surface area contributed by atoms with Crippen LogP contribution in [0, 0.1) is 0 Å². The molecule has 0 aliphatic heterocycles. The predicted molar refractivity (Wildman–Crippen MR) is 94.5 cm³/mol. The number of rotatable bonds is 5. The van der Waals surface area contributed by atoms with Crippen molar-refractivity contribution in [3.05, 3.63) is 71.5 Å². The van der Waals surface area contributed by atoms with Crippen molar-refractivity contribution < 1.29 is 22.7 Å². The van der Waals surface area contributed by atoms with Crippen molar-refractivity contribution in [3.8, 4) is 11.4 Å². The maximum absolute atomic E-state index is 12.4. The first-order valence-corrected chi connectivity index (χ1v) is 8.10. The summed E-state index contributed by atoms with van der Waals surface area (Å²) in [7, 11) is 0. The molecule has 1 heterocycles. The number of benzene rings is 2. The Labute approximate surface area is 157 Å². The first kappa shape index (κ1) is 18.8. The summed E-state index contributed by atoms with van der Waals surface area (Å²) < 4.78 is 43.4. The van der Waals surface area contributed by atoms with Crippen molar-refractivity contribution in [2.75, 3.05) is 11.9 Å². The van der Waals surface area contributed by atoms with Gasteiger partial charge in [0.1, 0.15) is 5.75 Å². The van der Waals surface area contributed by atoms with E-state index in [4.69, 9.17) is 16.3 Å². The van der Waals surface area contributed by atoms with Gasteiger partial charge in [0, 0.05) is 11.2 Å². The number of hydrogen-bond acceptors (Lipinski definition) is 3. The molecule has 3 aromatic rings. The summed E-state index contributed by atoms with van der Waals surface area (Å²) in [6, 6.07) is 13.1. The number of ether oxygens (including phenoxy) is 1. The quantitative estimate of drug-likeness (QED) is 0.680. The molecular formula is C18H13ClF3N3O2. The molecule has 0 fully saturated rings. The summed E-state index contributed by atoms with van der Waals surface area (Å²) in [5, 5.41) is 6.85. The highest BCUT2D eigenvalue weighted by atomic mass is 35.5. The first-order chi connectivity index (χ1) is 12.8. The van der Waals surface area contributed by atoms with Gasteiger partial charge in [-0.15, -0.1) is 0 Å². The van der Waals surface area contributed by atoms with E-state index in [9.17, 15) is 18.0 Å². The molecule has 9 heteroatoms. The van der Waals surface area contributed by atoms with Crippen LogP contribution in [-0.4, -0.2) is 28.5 Å². The monoisotopic (exact) mass is 395 g/mol. The van der Waals surface area contributed by atoms with Gasteiger partial charge in [-0.3, -0.25) is 4.79 Å². The van der Waals surface area contributed by atoms with Crippen molar-refractivity contribution in [1.82, 2.24) is 9.78 Å². The Morgan fingerprint density at radius 3 is 2.63 bits per heavy atom. The topological polar surface area (TPSA) is 56.1 Å². The fraction of sp³-hybridized carbons (Fsp3) is 0.111. The Bertz CT molecular complexity index is 943. The number of nitrogens with one attached hydrogen (secondary N) is 1. The second-order valence-corrected chi connectivity index (χ2v) is 5.94. The van der Waals surface area contributed by atoms with Crippen molar-refractivity contribution in [2.45, 2.75) is 6.18 Å². The average Bonchev–Trinajstić information content (AvgIpc) is 3.11. The number of nitrogens with zero attached hydrogens (tertiary/aromatic N) is 2. The molecule has 1 aromatic heterocycles. The van der Waals surface area contributed by atoms with E-state index in [0.717, 1.165) is 5.69 Å². The van der Waals surface area contributed by atoms with E-state index in [1.807, 2.05) is 30.3 Å². The highest BCUT2D eigenvalue weighted by molar-refractivity contribution is 6.31. The number of hydrogen-bond donors (Lipinski definition) is 1. The van der Waals surface area contributed by atoms with Crippen LogP contribution in [0.1, 0.15) is 10.4 Å². The number of carbonyl (C=O) groups is 1. The van der Waals surface area contributed by atoms with Crippen LogP contribution in [-0.2, 0) is 0 Å². The Hall–Kier alpha value is -3.00. The third-order valence-corrected chi connectivity index (χ3v) is 3.68. The summed E-state index contributed by atoms with van der Waals surface area (Å²) in [5.74, 6) is -0.697. The fourth-order valence-corrected chi connectivity index (χ4v) is 2.41. The van der Waals surface area contributed by atoms with Gasteiger partial charge in [-0.2, -0.15) is 18.3 Å². The number of anilines is 1. The third-order valence-electron chi connectivity index (χ3n) is 3.45. The SMILES string of the molecule is O=C(Nc1cc(Cl)ccc1OCC(F)(F)F)c1cnn(-c2ccccc2)c1. The fourth-order valence-electron chi connectivity index (χ4n) is 2.24. The van der Waals surface area contributed by atoms with Gasteiger partial charge < -0.3 is 10.1 Å². The lowest BCUT2D eigenvalue weighted by Crippen LogP contribution is -2.20. The molecule has 0 radical (unpaired) electrons. The van der Waals surface area contributed by atoms with E-state index in [-0.39, 0.29) is 22.0 Å². The normalized spacial score (nSPS) is 11.3. The standard InChI is InChI=1S/C18H13ClF3N3O2/c19-13-6-7-16(27-11-18(20,21)22)15(8-13)24-17(26)12-9-23-25(10-12)14-4-2-1-3-5-14/h1-10H,11H2,(H,24,26). The second kappa shape index (κ2) is 7.71. The van der Waals surface area contributed by atoms with Gasteiger partial charge in [-0.25, -0.2) is 4.68 Å². The number of halogens is 4. The van der Waals surface area contributed by atoms with Gasteiger partial charge in [0.25, 0.3) is 5.91 Å². The summed E-state index contributed by atoms with van der Waals surface area (Å²) >= 11 is 5.87. The molecule has 2 aromatic carbocycles. The van der Waals surface area contributed by atoms with Crippen LogP contribution in [0.25, 0.3) is 5.69 Å². The molecule has 5 nitrogen and oxygen atoms in total. The van der Waals surface area contributed by atoms with Crippen LogP contribution < -0.4 is 10.1 Å². The molecule has 0 aliphatic carbocycles. The number of aromatic nitrogens is 2. The van der Waals surface area contributed by atoms with Crippen molar-refractivity contribution >= 4 is 23.2 Å². The second-order valence-electron chi connectivity index (χ2n) is 5.51. The molecule has 140 valence electrons. The molecule has 27 heavy (non-hydrogen) atoms. The first-order valence-electron chi connectivity index (χ1n) is 7.72. The minimum atomic E-state index is -4.50. The van der Waals surface area contributed by atoms with Gasteiger partial charge >= 0.3 is 6.18 Å². The van der Waals surface area contributed by atoms with Crippen molar-refractivity contribution in [3.63, 3.8) is 0 Å². The number of para-hydroxylation sites is 1. The Morgan fingerprint density at radius 2 is 1.93 bits per heavy atom. The minimum Gasteiger partial charge on any atom is -0.482 e. The zero-order valence-corrected chi connectivity index (χ0v) is 14.5. The largest absolute Gasteiger partial charge is 0.482 e. The molecule has 1 N–H and O–H groups in total. The van der Waals surface area contributed by atoms with E-state index >= 15 is 0 Å². The van der Waals surface area contributed by atoms with Crippen LogP contribution in [0.3, 0.4) is 0 Å². The molecule has 3 rings (SSSR count). The maximum atomic E-state index is 12.4. The molecule has 0 saturated heterocycles.